The Labute approximate surface area is 77.9 Å². The quantitative estimate of drug-likeness (QED) is 0.547. The maximum Gasteiger partial charge on any atom is 0.412 e. The molecule has 0 saturated carbocycles. The van der Waals surface area contributed by atoms with Crippen LogP contribution in [0.1, 0.15) is 33.6 Å². The van der Waals surface area contributed by atoms with E-state index in [0.29, 0.717) is 13.0 Å². The Hall–Kier alpha value is -0.800. The van der Waals surface area contributed by atoms with Crippen LogP contribution < -0.4 is 0 Å². The minimum Gasteiger partial charge on any atom is -0.444 e. The van der Waals surface area contributed by atoms with Gasteiger partial charge in [0.2, 0.25) is 0 Å². The molecule has 1 heterocycles. The maximum atomic E-state index is 13.0. The van der Waals surface area contributed by atoms with E-state index >= 15 is 0 Å². The minimum atomic E-state index is -1.16. The largest absolute Gasteiger partial charge is 0.444 e. The molecule has 1 amide bonds. The van der Waals surface area contributed by atoms with E-state index in [4.69, 9.17) is 4.74 Å². The minimum absolute atomic E-state index is 0.430. The number of rotatable bonds is 0. The summed E-state index contributed by atoms with van der Waals surface area (Å²) >= 11 is 0. The van der Waals surface area contributed by atoms with Gasteiger partial charge in [-0.3, -0.25) is 4.90 Å². The van der Waals surface area contributed by atoms with E-state index in [-0.39, 0.29) is 0 Å². The van der Waals surface area contributed by atoms with E-state index in [0.717, 1.165) is 11.3 Å². The molecule has 1 rings (SSSR count). The second kappa shape index (κ2) is 3.52. The molecule has 1 saturated heterocycles. The van der Waals surface area contributed by atoms with E-state index in [9.17, 15) is 9.18 Å². The number of carbonyl (C=O) groups excluding carboxylic acids is 1. The summed E-state index contributed by atoms with van der Waals surface area (Å²) in [4.78, 5) is 12.5. The number of hydrogen-bond acceptors (Lipinski definition) is 2. The summed E-state index contributed by atoms with van der Waals surface area (Å²) in [5, 5.41) is 0. The topological polar surface area (TPSA) is 29.5 Å². The van der Waals surface area contributed by atoms with E-state index in [2.05, 4.69) is 0 Å². The molecule has 4 heteroatoms. The Morgan fingerprint density at radius 3 is 2.54 bits per heavy atom. The van der Waals surface area contributed by atoms with E-state index in [1.165, 1.54) is 0 Å². The molecule has 0 spiro atoms. The second-order valence-electron chi connectivity index (χ2n) is 4.25. The fourth-order valence-electron chi connectivity index (χ4n) is 1.25. The molecule has 0 unspecified atom stereocenters. The van der Waals surface area contributed by atoms with Gasteiger partial charge in [-0.1, -0.05) is 0 Å². The number of halogens is 1. The van der Waals surface area contributed by atoms with Crippen LogP contribution in [0.5, 0.6) is 0 Å². The molecule has 0 aromatic rings. The molecule has 76 valence electrons. The lowest BCUT2D eigenvalue weighted by Crippen LogP contribution is -2.38. The standard InChI is InChI=1S/C9H16FNO2/c1-9(2,3)13-8(12)11-6-4-5-7(11)10/h7H,4-6H2,1-3H3/t7-/m1/s1. The van der Waals surface area contributed by atoms with Crippen molar-refractivity contribution < 1.29 is 13.9 Å². The van der Waals surface area contributed by atoms with Crippen molar-refractivity contribution in [2.75, 3.05) is 6.54 Å². The number of hydrogen-bond donors (Lipinski definition) is 0. The third-order valence-electron chi connectivity index (χ3n) is 1.81. The summed E-state index contributed by atoms with van der Waals surface area (Å²) in [5.41, 5.74) is -0.542. The highest BCUT2D eigenvalue weighted by Gasteiger charge is 2.31. The molecule has 1 atom stereocenters. The maximum absolute atomic E-state index is 13.0. The average molecular weight is 189 g/mol. The highest BCUT2D eigenvalue weighted by atomic mass is 19.1. The molecule has 0 aliphatic carbocycles. The Bertz CT molecular complexity index is 200. The van der Waals surface area contributed by atoms with Crippen LogP contribution >= 0.6 is 0 Å². The number of alkyl halides is 1. The lowest BCUT2D eigenvalue weighted by atomic mass is 10.2. The van der Waals surface area contributed by atoms with Crippen LogP contribution in [0.2, 0.25) is 0 Å². The molecular formula is C9H16FNO2. The SMILES string of the molecule is CC(C)(C)OC(=O)N1CCC[C@@H]1F. The summed E-state index contributed by atoms with van der Waals surface area (Å²) in [5.74, 6) is 0. The van der Waals surface area contributed by atoms with Crippen molar-refractivity contribution in [1.82, 2.24) is 4.90 Å². The van der Waals surface area contributed by atoms with Crippen LogP contribution in [0.15, 0.2) is 0 Å². The van der Waals surface area contributed by atoms with Crippen LogP contribution in [0.3, 0.4) is 0 Å². The van der Waals surface area contributed by atoms with Gasteiger partial charge >= 0.3 is 6.09 Å². The number of carbonyl (C=O) groups is 1. The number of amides is 1. The highest BCUT2D eigenvalue weighted by molar-refractivity contribution is 5.68. The predicted octanol–water partition coefficient (Wildman–Crippen LogP) is 2.31. The Morgan fingerprint density at radius 2 is 2.15 bits per heavy atom. The first kappa shape index (κ1) is 10.3. The van der Waals surface area contributed by atoms with Gasteiger partial charge in [-0.25, -0.2) is 9.18 Å². The van der Waals surface area contributed by atoms with Crippen LogP contribution in [0.4, 0.5) is 9.18 Å². The molecule has 0 radical (unpaired) electrons. The fourth-order valence-corrected chi connectivity index (χ4v) is 1.25. The lowest BCUT2D eigenvalue weighted by Gasteiger charge is -2.25. The van der Waals surface area contributed by atoms with E-state index in [1.807, 2.05) is 0 Å². The van der Waals surface area contributed by atoms with Crippen LogP contribution in [-0.2, 0) is 4.74 Å². The zero-order valence-corrected chi connectivity index (χ0v) is 8.34. The smallest absolute Gasteiger partial charge is 0.412 e. The van der Waals surface area contributed by atoms with Crippen LogP contribution in [-0.4, -0.2) is 29.4 Å². The average Bonchev–Trinajstić information content (AvgIpc) is 2.30. The molecule has 1 fully saturated rings. The molecule has 0 aromatic carbocycles. The third-order valence-corrected chi connectivity index (χ3v) is 1.81. The summed E-state index contributed by atoms with van der Waals surface area (Å²) in [6, 6.07) is 0. The van der Waals surface area contributed by atoms with Gasteiger partial charge in [0.25, 0.3) is 0 Å². The van der Waals surface area contributed by atoms with Gasteiger partial charge < -0.3 is 4.74 Å². The number of likely N-dealkylation sites (tertiary alicyclic amines) is 1. The van der Waals surface area contributed by atoms with Gasteiger partial charge in [0.15, 0.2) is 6.30 Å². The summed E-state index contributed by atoms with van der Waals surface area (Å²) in [6.45, 7) is 5.78. The Kier molecular flexibility index (Phi) is 2.78. The van der Waals surface area contributed by atoms with Gasteiger partial charge in [0.05, 0.1) is 0 Å². The van der Waals surface area contributed by atoms with Crippen molar-refractivity contribution in [3.63, 3.8) is 0 Å². The first-order valence-corrected chi connectivity index (χ1v) is 4.54. The highest BCUT2D eigenvalue weighted by Crippen LogP contribution is 2.20. The molecule has 1 aliphatic heterocycles. The Balaban J connectivity index is 2.48. The molecule has 0 bridgehead atoms. The van der Waals surface area contributed by atoms with Gasteiger partial charge in [0, 0.05) is 6.54 Å². The van der Waals surface area contributed by atoms with Gasteiger partial charge in [0.1, 0.15) is 5.60 Å². The zero-order valence-electron chi connectivity index (χ0n) is 8.34. The van der Waals surface area contributed by atoms with Crippen molar-refractivity contribution in [3.8, 4) is 0 Å². The van der Waals surface area contributed by atoms with Gasteiger partial charge in [-0.05, 0) is 33.6 Å². The molecule has 1 aliphatic rings. The van der Waals surface area contributed by atoms with E-state index in [1.54, 1.807) is 20.8 Å². The summed E-state index contributed by atoms with van der Waals surface area (Å²) in [6.07, 6.45) is -0.549. The van der Waals surface area contributed by atoms with E-state index < -0.39 is 18.0 Å². The molecular weight excluding hydrogens is 173 g/mol. The van der Waals surface area contributed by atoms with Crippen molar-refractivity contribution in [2.45, 2.75) is 45.5 Å². The number of ether oxygens (including phenoxy) is 1. The van der Waals surface area contributed by atoms with Crippen molar-refractivity contribution in [3.05, 3.63) is 0 Å². The number of nitrogens with zero attached hydrogens (tertiary/aromatic N) is 1. The monoisotopic (exact) mass is 189 g/mol. The lowest BCUT2D eigenvalue weighted by molar-refractivity contribution is 0.00872. The summed E-state index contributed by atoms with van der Waals surface area (Å²) in [7, 11) is 0. The third kappa shape index (κ3) is 2.86. The molecule has 0 aromatic heterocycles. The zero-order chi connectivity index (χ0) is 10.1. The molecule has 13 heavy (non-hydrogen) atoms. The van der Waals surface area contributed by atoms with Gasteiger partial charge in [-0.2, -0.15) is 0 Å². The molecule has 0 N–H and O–H groups in total. The van der Waals surface area contributed by atoms with Gasteiger partial charge in [-0.15, -0.1) is 0 Å². The predicted molar refractivity (Wildman–Crippen MR) is 47.1 cm³/mol. The Morgan fingerprint density at radius 1 is 1.54 bits per heavy atom. The van der Waals surface area contributed by atoms with Crippen molar-refractivity contribution >= 4 is 6.09 Å². The van der Waals surface area contributed by atoms with Crippen molar-refractivity contribution in [1.29, 1.82) is 0 Å². The second-order valence-corrected chi connectivity index (χ2v) is 4.25. The first-order valence-electron chi connectivity index (χ1n) is 4.54. The normalized spacial score (nSPS) is 23.4. The first-order chi connectivity index (χ1) is 5.90. The van der Waals surface area contributed by atoms with Crippen LogP contribution in [0.25, 0.3) is 0 Å². The summed E-state index contributed by atoms with van der Waals surface area (Å²) < 4.78 is 18.1. The molecule has 3 nitrogen and oxygen atoms in total. The van der Waals surface area contributed by atoms with Crippen molar-refractivity contribution in [2.24, 2.45) is 0 Å². The van der Waals surface area contributed by atoms with Crippen LogP contribution in [0, 0.1) is 0 Å². The fraction of sp³-hybridized carbons (Fsp3) is 0.889.